The Hall–Kier alpha value is -2.42. The Bertz CT molecular complexity index is 960. The number of hydrogen-bond donors (Lipinski definition) is 2. The molecule has 0 unspecified atom stereocenters. The second-order valence-electron chi connectivity index (χ2n) is 5.48. The SMILES string of the molecule is CC(=O)Nc1cccc(Nc2nnc(SCC(=O)c3ccc(Cl)cc3)s2)c1. The van der Waals surface area contributed by atoms with Crippen LogP contribution in [-0.2, 0) is 4.79 Å². The van der Waals surface area contributed by atoms with E-state index in [4.69, 9.17) is 11.6 Å². The second kappa shape index (κ2) is 8.98. The van der Waals surface area contributed by atoms with E-state index in [0.29, 0.717) is 25.7 Å². The van der Waals surface area contributed by atoms with Crippen molar-refractivity contribution in [2.24, 2.45) is 0 Å². The number of hydrogen-bond acceptors (Lipinski definition) is 7. The van der Waals surface area contributed by atoms with Gasteiger partial charge in [-0.25, -0.2) is 0 Å². The molecule has 0 saturated heterocycles. The van der Waals surface area contributed by atoms with Gasteiger partial charge in [0.25, 0.3) is 0 Å². The highest BCUT2D eigenvalue weighted by Crippen LogP contribution is 2.29. The van der Waals surface area contributed by atoms with E-state index >= 15 is 0 Å². The molecule has 2 aromatic carbocycles. The molecule has 0 spiro atoms. The molecule has 3 aromatic rings. The second-order valence-corrected chi connectivity index (χ2v) is 8.12. The van der Waals surface area contributed by atoms with Gasteiger partial charge >= 0.3 is 0 Å². The van der Waals surface area contributed by atoms with E-state index in [1.807, 2.05) is 12.1 Å². The maximum absolute atomic E-state index is 12.2. The van der Waals surface area contributed by atoms with Gasteiger partial charge in [-0.2, -0.15) is 0 Å². The zero-order valence-corrected chi connectivity index (χ0v) is 16.6. The third-order valence-electron chi connectivity index (χ3n) is 3.33. The van der Waals surface area contributed by atoms with E-state index in [0.717, 1.165) is 5.69 Å². The Labute approximate surface area is 169 Å². The average Bonchev–Trinajstić information content (AvgIpc) is 3.07. The minimum absolute atomic E-state index is 0.00406. The van der Waals surface area contributed by atoms with Crippen LogP contribution < -0.4 is 10.6 Å². The number of Topliss-reactive ketones (excluding diaryl/α,β-unsaturated/α-hetero) is 1. The third kappa shape index (κ3) is 5.78. The number of benzene rings is 2. The van der Waals surface area contributed by atoms with Crippen LogP contribution in [0.5, 0.6) is 0 Å². The lowest BCUT2D eigenvalue weighted by atomic mass is 10.1. The molecule has 1 aromatic heterocycles. The largest absolute Gasteiger partial charge is 0.330 e. The zero-order valence-electron chi connectivity index (χ0n) is 14.2. The van der Waals surface area contributed by atoms with Crippen molar-refractivity contribution < 1.29 is 9.59 Å². The van der Waals surface area contributed by atoms with Gasteiger partial charge in [-0.15, -0.1) is 10.2 Å². The summed E-state index contributed by atoms with van der Waals surface area (Å²) in [6.07, 6.45) is 0. The number of anilines is 3. The van der Waals surface area contributed by atoms with Gasteiger partial charge in [-0.05, 0) is 42.5 Å². The first kappa shape index (κ1) is 19.3. The summed E-state index contributed by atoms with van der Waals surface area (Å²) in [5, 5.41) is 15.3. The van der Waals surface area contributed by atoms with E-state index in [1.165, 1.54) is 30.0 Å². The van der Waals surface area contributed by atoms with Gasteiger partial charge in [-0.1, -0.05) is 40.8 Å². The summed E-state index contributed by atoms with van der Waals surface area (Å²) in [4.78, 5) is 23.3. The van der Waals surface area contributed by atoms with Gasteiger partial charge in [0.05, 0.1) is 5.75 Å². The third-order valence-corrected chi connectivity index (χ3v) is 5.56. The van der Waals surface area contributed by atoms with Crippen LogP contribution in [0.25, 0.3) is 0 Å². The van der Waals surface area contributed by atoms with Gasteiger partial charge in [0.1, 0.15) is 0 Å². The van der Waals surface area contributed by atoms with Crippen molar-refractivity contribution >= 4 is 62.9 Å². The summed E-state index contributed by atoms with van der Waals surface area (Å²) >= 11 is 8.52. The number of nitrogens with one attached hydrogen (secondary N) is 2. The molecule has 6 nitrogen and oxygen atoms in total. The van der Waals surface area contributed by atoms with Crippen LogP contribution in [0.2, 0.25) is 5.02 Å². The van der Waals surface area contributed by atoms with Crippen molar-refractivity contribution in [1.29, 1.82) is 0 Å². The Balaban J connectivity index is 1.57. The predicted molar refractivity (Wildman–Crippen MR) is 110 cm³/mol. The van der Waals surface area contributed by atoms with Gasteiger partial charge in [0.2, 0.25) is 11.0 Å². The van der Waals surface area contributed by atoms with Crippen molar-refractivity contribution in [1.82, 2.24) is 10.2 Å². The lowest BCUT2D eigenvalue weighted by Gasteiger charge is -2.05. The van der Waals surface area contributed by atoms with Gasteiger partial charge < -0.3 is 10.6 Å². The smallest absolute Gasteiger partial charge is 0.221 e. The number of carbonyl (C=O) groups is 2. The van der Waals surface area contributed by atoms with Crippen LogP contribution in [-0.4, -0.2) is 27.6 Å². The summed E-state index contributed by atoms with van der Waals surface area (Å²) in [5.41, 5.74) is 2.09. The first-order valence-corrected chi connectivity index (χ1v) is 10.1. The number of rotatable bonds is 7. The van der Waals surface area contributed by atoms with Crippen LogP contribution in [0.3, 0.4) is 0 Å². The van der Waals surface area contributed by atoms with E-state index in [-0.39, 0.29) is 17.4 Å². The number of aromatic nitrogens is 2. The highest BCUT2D eigenvalue weighted by atomic mass is 35.5. The number of halogens is 1. The van der Waals surface area contributed by atoms with Gasteiger partial charge in [-0.3, -0.25) is 9.59 Å². The summed E-state index contributed by atoms with van der Waals surface area (Å²) < 4.78 is 0.692. The van der Waals surface area contributed by atoms with Crippen LogP contribution in [0.1, 0.15) is 17.3 Å². The van der Waals surface area contributed by atoms with Gasteiger partial charge in [0, 0.05) is 28.9 Å². The number of amides is 1. The fraction of sp³-hybridized carbons (Fsp3) is 0.111. The molecule has 27 heavy (non-hydrogen) atoms. The average molecular weight is 419 g/mol. The van der Waals surface area contributed by atoms with E-state index < -0.39 is 0 Å². The molecule has 0 atom stereocenters. The summed E-state index contributed by atoms with van der Waals surface area (Å²) in [5.74, 6) is 0.144. The Kier molecular flexibility index (Phi) is 6.44. The topological polar surface area (TPSA) is 84.0 Å². The monoisotopic (exact) mass is 418 g/mol. The number of ketones is 1. The lowest BCUT2D eigenvalue weighted by Crippen LogP contribution is -2.05. The molecule has 0 saturated carbocycles. The molecule has 138 valence electrons. The fourth-order valence-corrected chi connectivity index (χ4v) is 3.96. The van der Waals surface area contributed by atoms with Crippen LogP contribution in [0, 0.1) is 0 Å². The molecule has 0 bridgehead atoms. The molecule has 0 fully saturated rings. The Morgan fingerprint density at radius 2 is 1.85 bits per heavy atom. The number of nitrogens with zero attached hydrogens (tertiary/aromatic N) is 2. The maximum atomic E-state index is 12.2. The van der Waals surface area contributed by atoms with Crippen LogP contribution in [0.15, 0.2) is 52.9 Å². The first-order valence-electron chi connectivity index (χ1n) is 7.89. The molecule has 0 aliphatic heterocycles. The molecular formula is C18H15ClN4O2S2. The summed E-state index contributed by atoms with van der Waals surface area (Å²) in [6.45, 7) is 1.46. The van der Waals surface area contributed by atoms with Crippen molar-refractivity contribution in [2.75, 3.05) is 16.4 Å². The Morgan fingerprint density at radius 3 is 2.59 bits per heavy atom. The highest BCUT2D eigenvalue weighted by Gasteiger charge is 2.10. The van der Waals surface area contributed by atoms with Crippen molar-refractivity contribution in [3.05, 3.63) is 59.1 Å². The first-order chi connectivity index (χ1) is 13.0. The summed E-state index contributed by atoms with van der Waals surface area (Å²) in [6, 6.07) is 14.1. The van der Waals surface area contributed by atoms with Crippen LogP contribution >= 0.6 is 34.7 Å². The molecule has 1 amide bonds. The van der Waals surface area contributed by atoms with Crippen LogP contribution in [0.4, 0.5) is 16.5 Å². The minimum atomic E-state index is -0.132. The lowest BCUT2D eigenvalue weighted by molar-refractivity contribution is -0.114. The van der Waals surface area contributed by atoms with Crippen molar-refractivity contribution in [3.8, 4) is 0 Å². The summed E-state index contributed by atoms with van der Waals surface area (Å²) in [7, 11) is 0. The predicted octanol–water partition coefficient (Wildman–Crippen LogP) is 4.87. The zero-order chi connectivity index (χ0) is 19.2. The number of carbonyl (C=O) groups excluding carboxylic acids is 2. The van der Waals surface area contributed by atoms with E-state index in [2.05, 4.69) is 20.8 Å². The molecule has 1 heterocycles. The van der Waals surface area contributed by atoms with Crippen molar-refractivity contribution in [2.45, 2.75) is 11.3 Å². The molecule has 0 radical (unpaired) electrons. The quantitative estimate of drug-likeness (QED) is 0.420. The molecule has 3 rings (SSSR count). The normalized spacial score (nSPS) is 10.4. The number of thioether (sulfide) groups is 1. The molecule has 9 heteroatoms. The fourth-order valence-electron chi connectivity index (χ4n) is 2.17. The maximum Gasteiger partial charge on any atom is 0.221 e. The highest BCUT2D eigenvalue weighted by molar-refractivity contribution is 8.01. The molecule has 0 aliphatic carbocycles. The Morgan fingerprint density at radius 1 is 1.11 bits per heavy atom. The standard InChI is InChI=1S/C18H15ClN4O2S2/c1-11(24)20-14-3-2-4-15(9-14)21-17-22-23-18(27-17)26-10-16(25)12-5-7-13(19)8-6-12/h2-9H,10H2,1H3,(H,20,24)(H,21,22). The van der Waals surface area contributed by atoms with Gasteiger partial charge in [0.15, 0.2) is 10.1 Å². The van der Waals surface area contributed by atoms with E-state index in [9.17, 15) is 9.59 Å². The molecule has 0 aliphatic rings. The van der Waals surface area contributed by atoms with E-state index in [1.54, 1.807) is 36.4 Å². The molecule has 2 N–H and O–H groups in total. The minimum Gasteiger partial charge on any atom is -0.330 e. The molecular weight excluding hydrogens is 404 g/mol. The van der Waals surface area contributed by atoms with Crippen molar-refractivity contribution in [3.63, 3.8) is 0 Å².